The maximum absolute atomic E-state index is 5.85. The van der Waals surface area contributed by atoms with Crippen LogP contribution in [0.1, 0.15) is 37.7 Å². The molecule has 0 saturated heterocycles. The summed E-state index contributed by atoms with van der Waals surface area (Å²) in [5.41, 5.74) is 1.16. The molecule has 18 heavy (non-hydrogen) atoms. The molecule has 0 spiro atoms. The average Bonchev–Trinajstić information content (AvgIpc) is 2.42. The third-order valence-corrected chi connectivity index (χ3v) is 4.36. The zero-order chi connectivity index (χ0) is 12.8. The Labute approximate surface area is 118 Å². The van der Waals surface area contributed by atoms with Crippen molar-refractivity contribution < 1.29 is 9.47 Å². The van der Waals surface area contributed by atoms with Crippen LogP contribution in [0.5, 0.6) is 5.75 Å². The Kier molecular flexibility index (Phi) is 5.51. The lowest BCUT2D eigenvalue weighted by Crippen LogP contribution is -2.13. The molecule has 1 fully saturated rings. The Bertz CT molecular complexity index is 373. The van der Waals surface area contributed by atoms with E-state index in [1.165, 1.54) is 32.1 Å². The van der Waals surface area contributed by atoms with Gasteiger partial charge in [-0.2, -0.15) is 0 Å². The van der Waals surface area contributed by atoms with Gasteiger partial charge in [0.25, 0.3) is 0 Å². The van der Waals surface area contributed by atoms with E-state index in [0.717, 1.165) is 28.3 Å². The molecule has 100 valence electrons. The maximum atomic E-state index is 5.85. The van der Waals surface area contributed by atoms with Crippen molar-refractivity contribution in [2.24, 2.45) is 5.92 Å². The first-order valence-corrected chi connectivity index (χ1v) is 7.49. The van der Waals surface area contributed by atoms with E-state index in [1.54, 1.807) is 7.11 Å². The zero-order valence-electron chi connectivity index (χ0n) is 11.0. The highest BCUT2D eigenvalue weighted by Gasteiger charge is 2.13. The summed E-state index contributed by atoms with van der Waals surface area (Å²) >= 11 is 3.55. The Morgan fingerprint density at radius 3 is 2.72 bits per heavy atom. The summed E-state index contributed by atoms with van der Waals surface area (Å²) in [4.78, 5) is 0. The summed E-state index contributed by atoms with van der Waals surface area (Å²) < 4.78 is 12.2. The van der Waals surface area contributed by atoms with Crippen LogP contribution in [-0.4, -0.2) is 13.7 Å². The quantitative estimate of drug-likeness (QED) is 0.793. The van der Waals surface area contributed by atoms with Crippen molar-refractivity contribution in [2.45, 2.75) is 38.7 Å². The molecule has 0 radical (unpaired) electrons. The first kappa shape index (κ1) is 13.9. The number of methoxy groups -OCH3 is 1. The van der Waals surface area contributed by atoms with Crippen molar-refractivity contribution in [3.8, 4) is 5.75 Å². The fourth-order valence-corrected chi connectivity index (χ4v) is 2.84. The second-order valence-electron chi connectivity index (χ2n) is 4.98. The molecule has 0 bridgehead atoms. The zero-order valence-corrected chi connectivity index (χ0v) is 12.5. The van der Waals surface area contributed by atoms with Gasteiger partial charge in [0.15, 0.2) is 0 Å². The van der Waals surface area contributed by atoms with Gasteiger partial charge >= 0.3 is 0 Å². The van der Waals surface area contributed by atoms with E-state index >= 15 is 0 Å². The predicted molar refractivity (Wildman–Crippen MR) is 76.9 cm³/mol. The minimum atomic E-state index is 0.661. The molecule has 1 aliphatic rings. The molecule has 0 amide bonds. The van der Waals surface area contributed by atoms with Gasteiger partial charge in [0.05, 0.1) is 13.7 Å². The summed E-state index contributed by atoms with van der Waals surface area (Å²) in [6, 6.07) is 6.00. The van der Waals surface area contributed by atoms with Crippen LogP contribution < -0.4 is 4.74 Å². The average molecular weight is 313 g/mol. The number of benzene rings is 1. The summed E-state index contributed by atoms with van der Waals surface area (Å²) in [7, 11) is 1.69. The Morgan fingerprint density at radius 2 is 2.00 bits per heavy atom. The molecule has 0 aliphatic heterocycles. The molecule has 0 heterocycles. The van der Waals surface area contributed by atoms with Gasteiger partial charge in [0.2, 0.25) is 0 Å². The van der Waals surface area contributed by atoms with Crippen molar-refractivity contribution in [2.75, 3.05) is 13.7 Å². The van der Waals surface area contributed by atoms with Crippen molar-refractivity contribution in [3.63, 3.8) is 0 Å². The fourth-order valence-electron chi connectivity index (χ4n) is 2.48. The predicted octanol–water partition coefficient (Wildman–Crippen LogP) is 4.55. The van der Waals surface area contributed by atoms with Crippen LogP contribution in [0, 0.1) is 5.92 Å². The molecular weight excluding hydrogens is 292 g/mol. The summed E-state index contributed by atoms with van der Waals surface area (Å²) in [6.45, 7) is 1.55. The molecule has 1 saturated carbocycles. The Hall–Kier alpha value is -0.540. The van der Waals surface area contributed by atoms with Crippen LogP contribution >= 0.6 is 15.9 Å². The number of ether oxygens (including phenoxy) is 2. The second-order valence-corrected chi connectivity index (χ2v) is 5.83. The van der Waals surface area contributed by atoms with Crippen molar-refractivity contribution in [1.29, 1.82) is 0 Å². The molecule has 0 unspecified atom stereocenters. The van der Waals surface area contributed by atoms with E-state index in [9.17, 15) is 0 Å². The van der Waals surface area contributed by atoms with E-state index in [2.05, 4.69) is 15.9 Å². The normalized spacial score (nSPS) is 16.8. The molecule has 3 heteroatoms. The lowest BCUT2D eigenvalue weighted by atomic mass is 9.90. The number of hydrogen-bond acceptors (Lipinski definition) is 2. The van der Waals surface area contributed by atoms with Crippen LogP contribution in [0.3, 0.4) is 0 Å². The highest BCUT2D eigenvalue weighted by atomic mass is 79.9. The van der Waals surface area contributed by atoms with Crippen LogP contribution in [0.2, 0.25) is 0 Å². The lowest BCUT2D eigenvalue weighted by molar-refractivity contribution is 0.0735. The van der Waals surface area contributed by atoms with Gasteiger partial charge in [-0.25, -0.2) is 0 Å². The molecule has 1 aliphatic carbocycles. The first-order valence-electron chi connectivity index (χ1n) is 6.70. The lowest BCUT2D eigenvalue weighted by Gasteiger charge is -2.21. The summed E-state index contributed by atoms with van der Waals surface area (Å²) in [5.74, 6) is 1.65. The van der Waals surface area contributed by atoms with Gasteiger partial charge in [-0.05, 0) is 42.5 Å². The largest absolute Gasteiger partial charge is 0.497 e. The van der Waals surface area contributed by atoms with E-state index in [1.807, 2.05) is 18.2 Å². The van der Waals surface area contributed by atoms with E-state index in [0.29, 0.717) is 6.61 Å². The van der Waals surface area contributed by atoms with Crippen molar-refractivity contribution >= 4 is 15.9 Å². The van der Waals surface area contributed by atoms with Crippen LogP contribution in [-0.2, 0) is 11.3 Å². The smallest absolute Gasteiger partial charge is 0.119 e. The maximum Gasteiger partial charge on any atom is 0.119 e. The molecule has 0 aromatic heterocycles. The van der Waals surface area contributed by atoms with Crippen LogP contribution in [0.4, 0.5) is 0 Å². The van der Waals surface area contributed by atoms with Gasteiger partial charge in [0, 0.05) is 11.1 Å². The van der Waals surface area contributed by atoms with Crippen LogP contribution in [0.15, 0.2) is 22.7 Å². The third kappa shape index (κ3) is 3.99. The number of hydrogen-bond donors (Lipinski definition) is 0. The molecule has 1 aromatic rings. The van der Waals surface area contributed by atoms with E-state index in [4.69, 9.17) is 9.47 Å². The Morgan fingerprint density at radius 1 is 1.22 bits per heavy atom. The van der Waals surface area contributed by atoms with Crippen LogP contribution in [0.25, 0.3) is 0 Å². The molecular formula is C15H21BrO2. The molecule has 2 rings (SSSR count). The molecule has 0 N–H and O–H groups in total. The molecule has 2 nitrogen and oxygen atoms in total. The highest BCUT2D eigenvalue weighted by molar-refractivity contribution is 9.10. The molecule has 1 aromatic carbocycles. The second kappa shape index (κ2) is 7.15. The van der Waals surface area contributed by atoms with Crippen molar-refractivity contribution in [3.05, 3.63) is 28.2 Å². The molecule has 0 atom stereocenters. The summed E-state index contributed by atoms with van der Waals surface area (Å²) in [6.07, 6.45) is 6.81. The summed E-state index contributed by atoms with van der Waals surface area (Å²) in [5, 5.41) is 0. The van der Waals surface area contributed by atoms with Gasteiger partial charge in [-0.15, -0.1) is 0 Å². The minimum Gasteiger partial charge on any atom is -0.497 e. The standard InChI is InChI=1S/C15H21BrO2/c1-17-14-7-8-15(16)13(9-14)11-18-10-12-5-3-2-4-6-12/h7-9,12H,2-6,10-11H2,1H3. The van der Waals surface area contributed by atoms with Gasteiger partial charge in [-0.1, -0.05) is 35.2 Å². The number of rotatable bonds is 5. The van der Waals surface area contributed by atoms with E-state index in [-0.39, 0.29) is 0 Å². The minimum absolute atomic E-state index is 0.661. The third-order valence-electron chi connectivity index (χ3n) is 3.59. The number of halogens is 1. The Balaban J connectivity index is 1.81. The fraction of sp³-hybridized carbons (Fsp3) is 0.600. The first-order chi connectivity index (χ1) is 8.79. The van der Waals surface area contributed by atoms with E-state index < -0.39 is 0 Å². The van der Waals surface area contributed by atoms with Gasteiger partial charge in [0.1, 0.15) is 5.75 Å². The topological polar surface area (TPSA) is 18.5 Å². The van der Waals surface area contributed by atoms with Gasteiger partial charge < -0.3 is 9.47 Å². The SMILES string of the molecule is COc1ccc(Br)c(COCC2CCCCC2)c1. The van der Waals surface area contributed by atoms with Gasteiger partial charge in [-0.3, -0.25) is 0 Å². The van der Waals surface area contributed by atoms with Crippen molar-refractivity contribution in [1.82, 2.24) is 0 Å². The highest BCUT2D eigenvalue weighted by Crippen LogP contribution is 2.26. The monoisotopic (exact) mass is 312 g/mol.